The van der Waals surface area contributed by atoms with E-state index in [1.165, 1.54) is 6.08 Å². The van der Waals surface area contributed by atoms with Gasteiger partial charge in [-0.05, 0) is 48.0 Å². The van der Waals surface area contributed by atoms with Crippen molar-refractivity contribution in [3.63, 3.8) is 0 Å². The quantitative estimate of drug-likeness (QED) is 0.488. The molecule has 0 fully saturated rings. The fraction of sp³-hybridized carbons (Fsp3) is 0. The first-order valence-electron chi connectivity index (χ1n) is 8.95. The zero-order valence-electron chi connectivity index (χ0n) is 15.7. The Morgan fingerprint density at radius 2 is 1.70 bits per heavy atom. The number of benzene rings is 2. The van der Waals surface area contributed by atoms with E-state index < -0.39 is 10.0 Å². The molecule has 8 nitrogen and oxygen atoms in total. The molecule has 150 valence electrons. The van der Waals surface area contributed by atoms with Crippen molar-refractivity contribution < 1.29 is 13.2 Å². The van der Waals surface area contributed by atoms with E-state index >= 15 is 0 Å². The van der Waals surface area contributed by atoms with Gasteiger partial charge in [-0.25, -0.2) is 13.1 Å². The van der Waals surface area contributed by atoms with Gasteiger partial charge in [0, 0.05) is 24.1 Å². The van der Waals surface area contributed by atoms with E-state index in [2.05, 4.69) is 20.0 Å². The molecule has 2 aromatic carbocycles. The summed E-state index contributed by atoms with van der Waals surface area (Å²) in [4.78, 5) is 0. The summed E-state index contributed by atoms with van der Waals surface area (Å²) < 4.78 is 34.2. The third-order valence-corrected chi connectivity index (χ3v) is 4.96. The van der Waals surface area contributed by atoms with E-state index in [4.69, 9.17) is 4.74 Å². The number of ether oxygens (including phenoxy) is 1. The Balaban J connectivity index is 1.38. The molecule has 30 heavy (non-hydrogen) atoms. The van der Waals surface area contributed by atoms with Crippen molar-refractivity contribution in [2.24, 2.45) is 0 Å². The van der Waals surface area contributed by atoms with Crippen LogP contribution >= 0.6 is 0 Å². The van der Waals surface area contributed by atoms with Crippen molar-refractivity contribution in [3.05, 3.63) is 96.2 Å². The molecule has 0 radical (unpaired) electrons. The lowest BCUT2D eigenvalue weighted by atomic mass is 10.2. The zero-order chi connectivity index (χ0) is 20.8. The van der Waals surface area contributed by atoms with Crippen molar-refractivity contribution in [1.82, 2.24) is 20.0 Å². The minimum Gasteiger partial charge on any atom is -0.438 e. The largest absolute Gasteiger partial charge is 0.438 e. The summed E-state index contributed by atoms with van der Waals surface area (Å²) >= 11 is 0. The third-order valence-electron chi connectivity index (χ3n) is 3.94. The van der Waals surface area contributed by atoms with Gasteiger partial charge in [0.1, 0.15) is 5.75 Å². The Morgan fingerprint density at radius 1 is 0.900 bits per heavy atom. The Hall–Kier alpha value is -3.98. The van der Waals surface area contributed by atoms with Crippen LogP contribution in [0.4, 0.5) is 5.69 Å². The van der Waals surface area contributed by atoms with Crippen LogP contribution in [-0.4, -0.2) is 28.4 Å². The van der Waals surface area contributed by atoms with Gasteiger partial charge in [0.05, 0.1) is 5.41 Å². The number of nitrogens with one attached hydrogen (secondary N) is 1. The molecule has 0 aliphatic carbocycles. The van der Waals surface area contributed by atoms with E-state index in [1.807, 2.05) is 30.3 Å². The highest BCUT2D eigenvalue weighted by molar-refractivity contribution is 7.95. The molecule has 0 aliphatic heterocycles. The Morgan fingerprint density at radius 3 is 2.37 bits per heavy atom. The minimum atomic E-state index is -3.63. The second kappa shape index (κ2) is 8.58. The molecule has 9 heteroatoms. The Kier molecular flexibility index (Phi) is 5.53. The number of aromatic nitrogens is 4. The summed E-state index contributed by atoms with van der Waals surface area (Å²) in [7, 11) is -3.63. The Bertz CT molecular complexity index is 1220. The van der Waals surface area contributed by atoms with Gasteiger partial charge in [-0.1, -0.05) is 30.3 Å². The standard InChI is InChI=1S/C21H17N5O3S/c27-30(28,16-13-17-5-2-1-3-6-17)25-18-7-9-19(10-8-18)29-21-12-11-20(23-24-21)26-15-4-14-22-26/h1-16,25H/b16-13+. The lowest BCUT2D eigenvalue weighted by molar-refractivity contribution is 0.454. The highest BCUT2D eigenvalue weighted by Gasteiger charge is 2.07. The van der Waals surface area contributed by atoms with Crippen LogP contribution in [0.25, 0.3) is 11.9 Å². The van der Waals surface area contributed by atoms with Crippen molar-refractivity contribution in [2.45, 2.75) is 0 Å². The second-order valence-electron chi connectivity index (χ2n) is 6.17. The molecule has 4 rings (SSSR count). The van der Waals surface area contributed by atoms with Crippen molar-refractivity contribution in [1.29, 1.82) is 0 Å². The van der Waals surface area contributed by atoms with E-state index in [0.29, 0.717) is 23.1 Å². The number of nitrogens with zero attached hydrogens (tertiary/aromatic N) is 4. The lowest BCUT2D eigenvalue weighted by Gasteiger charge is -2.07. The first-order valence-corrected chi connectivity index (χ1v) is 10.5. The number of rotatable bonds is 7. The van der Waals surface area contributed by atoms with Crippen LogP contribution in [0.15, 0.2) is 90.6 Å². The summed E-state index contributed by atoms with van der Waals surface area (Å²) in [5.41, 5.74) is 1.21. The molecular formula is C21H17N5O3S. The molecule has 4 aromatic rings. The van der Waals surface area contributed by atoms with Crippen LogP contribution < -0.4 is 9.46 Å². The van der Waals surface area contributed by atoms with Gasteiger partial charge in [-0.3, -0.25) is 4.72 Å². The molecule has 2 aromatic heterocycles. The molecule has 0 saturated carbocycles. The lowest BCUT2D eigenvalue weighted by Crippen LogP contribution is -2.08. The van der Waals surface area contributed by atoms with E-state index in [1.54, 1.807) is 59.5 Å². The van der Waals surface area contributed by atoms with Crippen molar-refractivity contribution in [2.75, 3.05) is 4.72 Å². The summed E-state index contributed by atoms with van der Waals surface area (Å²) in [5, 5.41) is 13.3. The SMILES string of the molecule is O=S(=O)(/C=C/c1ccccc1)Nc1ccc(Oc2ccc(-n3cccn3)nn2)cc1. The van der Waals surface area contributed by atoms with E-state index in [9.17, 15) is 8.42 Å². The fourth-order valence-corrected chi connectivity index (χ4v) is 3.41. The third kappa shape index (κ3) is 5.09. The summed E-state index contributed by atoms with van der Waals surface area (Å²) in [6.07, 6.45) is 4.95. The molecule has 0 amide bonds. The van der Waals surface area contributed by atoms with Crippen molar-refractivity contribution in [3.8, 4) is 17.4 Å². The van der Waals surface area contributed by atoms with Gasteiger partial charge >= 0.3 is 0 Å². The maximum absolute atomic E-state index is 12.2. The van der Waals surface area contributed by atoms with Gasteiger partial charge in [-0.2, -0.15) is 5.10 Å². The molecule has 0 unspecified atom stereocenters. The number of hydrogen-bond acceptors (Lipinski definition) is 6. The average molecular weight is 419 g/mol. The van der Waals surface area contributed by atoms with Gasteiger partial charge in [0.15, 0.2) is 5.82 Å². The number of hydrogen-bond donors (Lipinski definition) is 1. The van der Waals surface area contributed by atoms with Crippen LogP contribution in [0.2, 0.25) is 0 Å². The van der Waals surface area contributed by atoms with Crippen LogP contribution in [0.5, 0.6) is 11.6 Å². The molecule has 1 N–H and O–H groups in total. The second-order valence-corrected chi connectivity index (χ2v) is 7.73. The molecule has 2 heterocycles. The number of sulfonamides is 1. The number of anilines is 1. The molecule has 0 aliphatic rings. The molecule has 0 spiro atoms. The molecular weight excluding hydrogens is 402 g/mol. The fourth-order valence-electron chi connectivity index (χ4n) is 2.54. The topological polar surface area (TPSA) is 99.0 Å². The summed E-state index contributed by atoms with van der Waals surface area (Å²) in [6, 6.07) is 20.9. The maximum Gasteiger partial charge on any atom is 0.255 e. The summed E-state index contributed by atoms with van der Waals surface area (Å²) in [6.45, 7) is 0. The zero-order valence-corrected chi connectivity index (χ0v) is 16.5. The summed E-state index contributed by atoms with van der Waals surface area (Å²) in [5.74, 6) is 1.38. The monoisotopic (exact) mass is 419 g/mol. The smallest absolute Gasteiger partial charge is 0.255 e. The van der Waals surface area contributed by atoms with Crippen molar-refractivity contribution >= 4 is 21.8 Å². The van der Waals surface area contributed by atoms with Gasteiger partial charge < -0.3 is 4.74 Å². The normalized spacial score (nSPS) is 11.5. The molecule has 0 saturated heterocycles. The first kappa shape index (κ1) is 19.3. The van der Waals surface area contributed by atoms with Crippen LogP contribution in [0, 0.1) is 0 Å². The van der Waals surface area contributed by atoms with Gasteiger partial charge in [0.25, 0.3) is 10.0 Å². The highest BCUT2D eigenvalue weighted by atomic mass is 32.2. The van der Waals surface area contributed by atoms with Crippen LogP contribution in [0.3, 0.4) is 0 Å². The average Bonchev–Trinajstić information content (AvgIpc) is 3.30. The predicted molar refractivity (Wildman–Crippen MR) is 114 cm³/mol. The maximum atomic E-state index is 12.2. The van der Waals surface area contributed by atoms with Gasteiger partial charge in [-0.15, -0.1) is 10.2 Å². The predicted octanol–water partition coefficient (Wildman–Crippen LogP) is 3.87. The van der Waals surface area contributed by atoms with Crippen LogP contribution in [0.1, 0.15) is 5.56 Å². The molecule has 0 bridgehead atoms. The van der Waals surface area contributed by atoms with E-state index in [0.717, 1.165) is 11.0 Å². The minimum absolute atomic E-state index is 0.310. The highest BCUT2D eigenvalue weighted by Crippen LogP contribution is 2.22. The molecule has 0 atom stereocenters. The first-order chi connectivity index (χ1) is 14.6. The van der Waals surface area contributed by atoms with Crippen LogP contribution in [-0.2, 0) is 10.0 Å². The Labute approximate surface area is 173 Å². The van der Waals surface area contributed by atoms with Gasteiger partial charge in [0.2, 0.25) is 5.88 Å². The van der Waals surface area contributed by atoms with E-state index in [-0.39, 0.29) is 0 Å².